The van der Waals surface area contributed by atoms with E-state index in [9.17, 15) is 9.59 Å². The Morgan fingerprint density at radius 3 is 2.37 bits per heavy atom. The van der Waals surface area contributed by atoms with Gasteiger partial charge in [0, 0.05) is 13.1 Å². The van der Waals surface area contributed by atoms with Crippen LogP contribution in [0.15, 0.2) is 48.5 Å². The largest absolute Gasteiger partial charge is 0.484 e. The van der Waals surface area contributed by atoms with E-state index >= 15 is 0 Å². The molecule has 2 rings (SSSR count). The number of nitrogens with zero attached hydrogens (tertiary/aromatic N) is 1. The van der Waals surface area contributed by atoms with E-state index in [4.69, 9.17) is 4.74 Å². The lowest BCUT2D eigenvalue weighted by molar-refractivity contribution is -0.142. The number of hydrogen-bond acceptors (Lipinski definition) is 3. The molecule has 1 N–H and O–H groups in total. The number of rotatable bonds is 8. The van der Waals surface area contributed by atoms with Crippen molar-refractivity contribution < 1.29 is 14.3 Å². The van der Waals surface area contributed by atoms with Gasteiger partial charge in [-0.05, 0) is 51.0 Å². The molecular formula is C22H28N2O3. The number of carbonyl (C=O) groups excluding carboxylic acids is 2. The highest BCUT2D eigenvalue weighted by atomic mass is 16.5. The van der Waals surface area contributed by atoms with Gasteiger partial charge in [-0.1, -0.05) is 42.0 Å². The van der Waals surface area contributed by atoms with Gasteiger partial charge in [0.05, 0.1) is 0 Å². The third-order valence-corrected chi connectivity index (χ3v) is 4.31. The normalized spacial score (nSPS) is 11.6. The van der Waals surface area contributed by atoms with Gasteiger partial charge in [-0.25, -0.2) is 0 Å². The Morgan fingerprint density at radius 2 is 1.74 bits per heavy atom. The molecule has 0 aliphatic carbocycles. The Bertz CT molecular complexity index is 789. The molecule has 144 valence electrons. The summed E-state index contributed by atoms with van der Waals surface area (Å²) in [5.74, 6) is 0.246. The molecule has 2 aromatic carbocycles. The van der Waals surface area contributed by atoms with Crippen LogP contribution in [0.4, 0.5) is 0 Å². The summed E-state index contributed by atoms with van der Waals surface area (Å²) in [6.45, 7) is 8.34. The van der Waals surface area contributed by atoms with Crippen LogP contribution in [0.25, 0.3) is 0 Å². The molecule has 2 aromatic rings. The average Bonchev–Trinajstić information content (AvgIpc) is 2.64. The smallest absolute Gasteiger partial charge is 0.261 e. The lowest BCUT2D eigenvalue weighted by Crippen LogP contribution is -2.49. The lowest BCUT2D eigenvalue weighted by Gasteiger charge is -2.28. The molecule has 0 heterocycles. The number of benzene rings is 2. The number of carbonyl (C=O) groups is 2. The first-order chi connectivity index (χ1) is 12.9. The fraction of sp³-hybridized carbons (Fsp3) is 0.364. The van der Waals surface area contributed by atoms with Gasteiger partial charge in [0.2, 0.25) is 5.91 Å². The summed E-state index contributed by atoms with van der Waals surface area (Å²) in [6.07, 6.45) is 0. The van der Waals surface area contributed by atoms with Crippen molar-refractivity contribution in [2.45, 2.75) is 40.3 Å². The second-order valence-corrected chi connectivity index (χ2v) is 6.69. The van der Waals surface area contributed by atoms with Crippen molar-refractivity contribution in [1.29, 1.82) is 0 Å². The van der Waals surface area contributed by atoms with Crippen LogP contribution in [0.5, 0.6) is 5.75 Å². The van der Waals surface area contributed by atoms with Gasteiger partial charge in [-0.2, -0.15) is 0 Å². The highest BCUT2D eigenvalue weighted by molar-refractivity contribution is 5.87. The number of hydrogen-bond donors (Lipinski definition) is 1. The average molecular weight is 368 g/mol. The van der Waals surface area contributed by atoms with Gasteiger partial charge in [0.15, 0.2) is 6.61 Å². The zero-order valence-electron chi connectivity index (χ0n) is 16.5. The SMILES string of the molecule is CCNC(=O)C(C)N(Cc1cccc(C)c1)C(=O)COc1cccc(C)c1. The van der Waals surface area contributed by atoms with E-state index in [-0.39, 0.29) is 18.4 Å². The summed E-state index contributed by atoms with van der Waals surface area (Å²) in [5.41, 5.74) is 3.16. The van der Waals surface area contributed by atoms with Crippen molar-refractivity contribution in [3.63, 3.8) is 0 Å². The van der Waals surface area contributed by atoms with Crippen molar-refractivity contribution in [2.24, 2.45) is 0 Å². The quantitative estimate of drug-likeness (QED) is 0.778. The van der Waals surface area contributed by atoms with Crippen molar-refractivity contribution in [3.8, 4) is 5.75 Å². The molecule has 5 heteroatoms. The molecule has 0 fully saturated rings. The Kier molecular flexibility index (Phi) is 7.41. The molecule has 1 unspecified atom stereocenters. The Labute approximate surface area is 161 Å². The van der Waals surface area contributed by atoms with Crippen LogP contribution in [0.1, 0.15) is 30.5 Å². The summed E-state index contributed by atoms with van der Waals surface area (Å²) < 4.78 is 5.66. The lowest BCUT2D eigenvalue weighted by atomic mass is 10.1. The fourth-order valence-corrected chi connectivity index (χ4v) is 2.84. The van der Waals surface area contributed by atoms with Gasteiger partial charge >= 0.3 is 0 Å². The maximum absolute atomic E-state index is 12.9. The standard InChI is InChI=1S/C22H28N2O3/c1-5-23-22(26)18(4)24(14-19-10-6-8-16(2)12-19)21(25)15-27-20-11-7-9-17(3)13-20/h6-13,18H,5,14-15H2,1-4H3,(H,23,26). The van der Waals surface area contributed by atoms with E-state index in [1.54, 1.807) is 11.8 Å². The van der Waals surface area contributed by atoms with Gasteiger partial charge in [-0.15, -0.1) is 0 Å². The molecule has 5 nitrogen and oxygen atoms in total. The zero-order valence-corrected chi connectivity index (χ0v) is 16.5. The molecule has 0 radical (unpaired) electrons. The number of amides is 2. The molecule has 0 aliphatic heterocycles. The van der Waals surface area contributed by atoms with E-state index in [0.29, 0.717) is 18.8 Å². The topological polar surface area (TPSA) is 58.6 Å². The molecule has 0 spiro atoms. The number of nitrogens with one attached hydrogen (secondary N) is 1. The highest BCUT2D eigenvalue weighted by Gasteiger charge is 2.26. The van der Waals surface area contributed by atoms with Gasteiger partial charge < -0.3 is 15.0 Å². The van der Waals surface area contributed by atoms with Crippen LogP contribution >= 0.6 is 0 Å². The Balaban J connectivity index is 2.14. The second-order valence-electron chi connectivity index (χ2n) is 6.69. The first kappa shape index (κ1) is 20.5. The van der Waals surface area contributed by atoms with E-state index in [1.165, 1.54) is 0 Å². The van der Waals surface area contributed by atoms with Crippen molar-refractivity contribution in [3.05, 3.63) is 65.2 Å². The van der Waals surface area contributed by atoms with Crippen molar-refractivity contribution in [2.75, 3.05) is 13.2 Å². The molecule has 0 saturated heterocycles. The minimum absolute atomic E-state index is 0.112. The first-order valence-electron chi connectivity index (χ1n) is 9.23. The number of ether oxygens (including phenoxy) is 1. The predicted molar refractivity (Wildman–Crippen MR) is 107 cm³/mol. The third-order valence-electron chi connectivity index (χ3n) is 4.31. The Morgan fingerprint density at radius 1 is 1.07 bits per heavy atom. The van der Waals surface area contributed by atoms with Crippen molar-refractivity contribution in [1.82, 2.24) is 10.2 Å². The van der Waals surface area contributed by atoms with Crippen LogP contribution in [-0.4, -0.2) is 35.9 Å². The second kappa shape index (κ2) is 9.76. The van der Waals surface area contributed by atoms with E-state index in [0.717, 1.165) is 16.7 Å². The van der Waals surface area contributed by atoms with Crippen LogP contribution in [0.3, 0.4) is 0 Å². The van der Waals surface area contributed by atoms with E-state index in [1.807, 2.05) is 69.3 Å². The van der Waals surface area contributed by atoms with Crippen LogP contribution in [0, 0.1) is 13.8 Å². The van der Waals surface area contributed by atoms with E-state index in [2.05, 4.69) is 5.32 Å². The molecule has 0 bridgehead atoms. The minimum Gasteiger partial charge on any atom is -0.484 e. The maximum Gasteiger partial charge on any atom is 0.261 e. The molecule has 2 amide bonds. The first-order valence-corrected chi connectivity index (χ1v) is 9.23. The monoisotopic (exact) mass is 368 g/mol. The van der Waals surface area contributed by atoms with Crippen LogP contribution in [-0.2, 0) is 16.1 Å². The van der Waals surface area contributed by atoms with Crippen LogP contribution in [0.2, 0.25) is 0 Å². The van der Waals surface area contributed by atoms with Gasteiger partial charge in [-0.3, -0.25) is 9.59 Å². The Hall–Kier alpha value is -2.82. The van der Waals surface area contributed by atoms with Crippen molar-refractivity contribution >= 4 is 11.8 Å². The maximum atomic E-state index is 12.9. The summed E-state index contributed by atoms with van der Waals surface area (Å²) in [7, 11) is 0. The van der Waals surface area contributed by atoms with Crippen LogP contribution < -0.4 is 10.1 Å². The molecule has 27 heavy (non-hydrogen) atoms. The summed E-state index contributed by atoms with van der Waals surface area (Å²) in [4.78, 5) is 26.7. The third kappa shape index (κ3) is 6.13. The molecule has 1 atom stereocenters. The predicted octanol–water partition coefficient (Wildman–Crippen LogP) is 3.24. The highest BCUT2D eigenvalue weighted by Crippen LogP contribution is 2.15. The molecular weight excluding hydrogens is 340 g/mol. The zero-order chi connectivity index (χ0) is 19.8. The van der Waals surface area contributed by atoms with Gasteiger partial charge in [0.25, 0.3) is 5.91 Å². The molecule has 0 aromatic heterocycles. The fourth-order valence-electron chi connectivity index (χ4n) is 2.84. The summed E-state index contributed by atoms with van der Waals surface area (Å²) >= 11 is 0. The summed E-state index contributed by atoms with van der Waals surface area (Å²) in [6, 6.07) is 14.9. The molecule has 0 aliphatic rings. The summed E-state index contributed by atoms with van der Waals surface area (Å²) in [5, 5.41) is 2.79. The number of likely N-dealkylation sites (N-methyl/N-ethyl adjacent to an activating group) is 1. The van der Waals surface area contributed by atoms with E-state index < -0.39 is 6.04 Å². The molecule has 0 saturated carbocycles. The van der Waals surface area contributed by atoms with Gasteiger partial charge in [0.1, 0.15) is 11.8 Å². The number of aryl methyl sites for hydroxylation is 2. The minimum atomic E-state index is -0.584.